The van der Waals surface area contributed by atoms with Crippen LogP contribution in [-0.2, 0) is 0 Å². The predicted octanol–water partition coefficient (Wildman–Crippen LogP) is 2.57. The summed E-state index contributed by atoms with van der Waals surface area (Å²) in [6.07, 6.45) is 9.88. The zero-order chi connectivity index (χ0) is 14.2. The summed E-state index contributed by atoms with van der Waals surface area (Å²) in [5.41, 5.74) is 0. The molecule has 118 valence electrons. The SMILES string of the molecule is CCC1CCCC(NCCCN2CCN(C)CC2)CC1. The van der Waals surface area contributed by atoms with Gasteiger partial charge in [-0.15, -0.1) is 0 Å². The molecule has 1 saturated heterocycles. The zero-order valence-corrected chi connectivity index (χ0v) is 13.7. The fourth-order valence-electron chi connectivity index (χ4n) is 3.67. The van der Waals surface area contributed by atoms with E-state index >= 15 is 0 Å². The first-order valence-corrected chi connectivity index (χ1v) is 8.92. The van der Waals surface area contributed by atoms with Gasteiger partial charge in [-0.05, 0) is 51.7 Å². The highest BCUT2D eigenvalue weighted by molar-refractivity contribution is 4.75. The molecule has 0 radical (unpaired) electrons. The van der Waals surface area contributed by atoms with Crippen LogP contribution < -0.4 is 5.32 Å². The maximum atomic E-state index is 3.82. The first-order valence-electron chi connectivity index (χ1n) is 8.92. The van der Waals surface area contributed by atoms with Crippen molar-refractivity contribution in [1.82, 2.24) is 15.1 Å². The van der Waals surface area contributed by atoms with Crippen molar-refractivity contribution >= 4 is 0 Å². The Balaban J connectivity index is 1.52. The van der Waals surface area contributed by atoms with E-state index in [9.17, 15) is 0 Å². The van der Waals surface area contributed by atoms with Crippen LogP contribution in [0.25, 0.3) is 0 Å². The molecule has 3 nitrogen and oxygen atoms in total. The molecule has 1 aliphatic carbocycles. The van der Waals surface area contributed by atoms with Gasteiger partial charge in [0.15, 0.2) is 0 Å². The van der Waals surface area contributed by atoms with E-state index in [0.29, 0.717) is 0 Å². The van der Waals surface area contributed by atoms with Crippen LogP contribution in [0.15, 0.2) is 0 Å². The minimum absolute atomic E-state index is 0.805. The lowest BCUT2D eigenvalue weighted by Gasteiger charge is -2.32. The summed E-state index contributed by atoms with van der Waals surface area (Å²) >= 11 is 0. The number of rotatable bonds is 6. The molecule has 2 fully saturated rings. The van der Waals surface area contributed by atoms with Crippen LogP contribution in [0.4, 0.5) is 0 Å². The van der Waals surface area contributed by atoms with Gasteiger partial charge in [0.05, 0.1) is 0 Å². The highest BCUT2D eigenvalue weighted by atomic mass is 15.2. The molecule has 0 aromatic heterocycles. The molecule has 0 spiro atoms. The van der Waals surface area contributed by atoms with Crippen molar-refractivity contribution in [3.63, 3.8) is 0 Å². The van der Waals surface area contributed by atoms with E-state index in [1.165, 1.54) is 84.2 Å². The topological polar surface area (TPSA) is 18.5 Å². The Hall–Kier alpha value is -0.120. The Morgan fingerprint density at radius 3 is 2.55 bits per heavy atom. The summed E-state index contributed by atoms with van der Waals surface area (Å²) in [5.74, 6) is 1.01. The molecule has 1 saturated carbocycles. The van der Waals surface area contributed by atoms with Crippen molar-refractivity contribution in [2.75, 3.05) is 46.3 Å². The maximum absolute atomic E-state index is 3.82. The Kier molecular flexibility index (Phi) is 7.32. The van der Waals surface area contributed by atoms with E-state index in [4.69, 9.17) is 0 Å². The molecule has 1 N–H and O–H groups in total. The summed E-state index contributed by atoms with van der Waals surface area (Å²) in [6.45, 7) is 9.87. The van der Waals surface area contributed by atoms with Gasteiger partial charge in [-0.1, -0.05) is 26.2 Å². The fourth-order valence-corrected chi connectivity index (χ4v) is 3.67. The molecular weight excluding hydrogens is 246 g/mol. The lowest BCUT2D eigenvalue weighted by atomic mass is 9.98. The van der Waals surface area contributed by atoms with E-state index in [1.807, 2.05) is 0 Å². The van der Waals surface area contributed by atoms with E-state index in [1.54, 1.807) is 0 Å². The number of hydrogen-bond donors (Lipinski definition) is 1. The lowest BCUT2D eigenvalue weighted by molar-refractivity contribution is 0.152. The van der Waals surface area contributed by atoms with Crippen molar-refractivity contribution < 1.29 is 0 Å². The molecule has 2 rings (SSSR count). The Labute approximate surface area is 126 Å². The van der Waals surface area contributed by atoms with Crippen molar-refractivity contribution in [2.45, 2.75) is 57.9 Å². The van der Waals surface area contributed by atoms with E-state index in [2.05, 4.69) is 29.1 Å². The number of nitrogens with zero attached hydrogens (tertiary/aromatic N) is 2. The number of hydrogen-bond acceptors (Lipinski definition) is 3. The van der Waals surface area contributed by atoms with Gasteiger partial charge in [-0.2, -0.15) is 0 Å². The Morgan fingerprint density at radius 2 is 1.80 bits per heavy atom. The monoisotopic (exact) mass is 281 g/mol. The summed E-state index contributed by atoms with van der Waals surface area (Å²) in [6, 6.07) is 0.805. The number of piperazine rings is 1. The van der Waals surface area contributed by atoms with Gasteiger partial charge in [-0.3, -0.25) is 0 Å². The Morgan fingerprint density at radius 1 is 1.00 bits per heavy atom. The third-order valence-electron chi connectivity index (χ3n) is 5.35. The average molecular weight is 281 g/mol. The second-order valence-electron chi connectivity index (χ2n) is 6.93. The predicted molar refractivity (Wildman–Crippen MR) is 87.2 cm³/mol. The Bertz CT molecular complexity index is 249. The van der Waals surface area contributed by atoms with Crippen LogP contribution in [0.5, 0.6) is 0 Å². The van der Waals surface area contributed by atoms with Gasteiger partial charge >= 0.3 is 0 Å². The summed E-state index contributed by atoms with van der Waals surface area (Å²) in [7, 11) is 2.23. The molecule has 1 heterocycles. The fraction of sp³-hybridized carbons (Fsp3) is 1.00. The number of nitrogens with one attached hydrogen (secondary N) is 1. The maximum Gasteiger partial charge on any atom is 0.0110 e. The number of likely N-dealkylation sites (N-methyl/N-ethyl adjacent to an activating group) is 1. The zero-order valence-electron chi connectivity index (χ0n) is 13.7. The van der Waals surface area contributed by atoms with Gasteiger partial charge in [-0.25, -0.2) is 0 Å². The smallest absolute Gasteiger partial charge is 0.0110 e. The molecule has 1 aliphatic heterocycles. The summed E-state index contributed by atoms with van der Waals surface area (Å²) in [4.78, 5) is 5.06. The summed E-state index contributed by atoms with van der Waals surface area (Å²) < 4.78 is 0. The van der Waals surface area contributed by atoms with Crippen LogP contribution in [0.1, 0.15) is 51.9 Å². The first kappa shape index (κ1) is 16.3. The second kappa shape index (κ2) is 9.01. The molecule has 2 unspecified atom stereocenters. The molecule has 3 heteroatoms. The summed E-state index contributed by atoms with van der Waals surface area (Å²) in [5, 5.41) is 3.82. The standard InChI is InChI=1S/C17H35N3/c1-3-16-6-4-7-17(9-8-16)18-10-5-11-20-14-12-19(2)13-15-20/h16-18H,3-15H2,1-2H3. The molecular formula is C17H35N3. The van der Waals surface area contributed by atoms with Crippen molar-refractivity contribution in [3.05, 3.63) is 0 Å². The van der Waals surface area contributed by atoms with Crippen LogP contribution in [0.2, 0.25) is 0 Å². The highest BCUT2D eigenvalue weighted by Gasteiger charge is 2.17. The normalized spacial score (nSPS) is 30.3. The molecule has 2 aliphatic rings. The second-order valence-corrected chi connectivity index (χ2v) is 6.93. The van der Waals surface area contributed by atoms with Crippen LogP contribution in [0.3, 0.4) is 0 Å². The minimum Gasteiger partial charge on any atom is -0.314 e. The molecule has 20 heavy (non-hydrogen) atoms. The lowest BCUT2D eigenvalue weighted by Crippen LogP contribution is -2.45. The van der Waals surface area contributed by atoms with Gasteiger partial charge in [0.25, 0.3) is 0 Å². The van der Waals surface area contributed by atoms with E-state index < -0.39 is 0 Å². The largest absolute Gasteiger partial charge is 0.314 e. The average Bonchev–Trinajstić information content (AvgIpc) is 2.70. The minimum atomic E-state index is 0.805. The van der Waals surface area contributed by atoms with Crippen molar-refractivity contribution in [3.8, 4) is 0 Å². The van der Waals surface area contributed by atoms with Crippen LogP contribution in [0, 0.1) is 5.92 Å². The van der Waals surface area contributed by atoms with Gasteiger partial charge in [0.2, 0.25) is 0 Å². The first-order chi connectivity index (χ1) is 9.78. The quantitative estimate of drug-likeness (QED) is 0.596. The molecule has 0 amide bonds. The molecule has 2 atom stereocenters. The molecule has 0 aromatic carbocycles. The van der Waals surface area contributed by atoms with Gasteiger partial charge in [0.1, 0.15) is 0 Å². The van der Waals surface area contributed by atoms with Crippen LogP contribution >= 0.6 is 0 Å². The van der Waals surface area contributed by atoms with Crippen LogP contribution in [-0.4, -0.2) is 62.2 Å². The van der Waals surface area contributed by atoms with E-state index in [-0.39, 0.29) is 0 Å². The van der Waals surface area contributed by atoms with E-state index in [0.717, 1.165) is 12.0 Å². The van der Waals surface area contributed by atoms with Crippen molar-refractivity contribution in [2.24, 2.45) is 5.92 Å². The third kappa shape index (κ3) is 5.71. The molecule has 0 bridgehead atoms. The molecule has 0 aromatic rings. The van der Waals surface area contributed by atoms with Gasteiger partial charge in [0, 0.05) is 32.2 Å². The third-order valence-corrected chi connectivity index (χ3v) is 5.35. The van der Waals surface area contributed by atoms with Gasteiger partial charge < -0.3 is 15.1 Å². The highest BCUT2D eigenvalue weighted by Crippen LogP contribution is 2.25. The van der Waals surface area contributed by atoms with Crippen molar-refractivity contribution in [1.29, 1.82) is 0 Å².